The molecular formula is C17H21N3OS. The average Bonchev–Trinajstić information content (AvgIpc) is 3.00. The highest BCUT2D eigenvalue weighted by atomic mass is 32.1. The van der Waals surface area contributed by atoms with Crippen molar-refractivity contribution in [3.63, 3.8) is 0 Å². The molecule has 1 aromatic carbocycles. The zero-order valence-electron chi connectivity index (χ0n) is 12.5. The number of hydrogen-bond acceptors (Lipinski definition) is 3. The number of nitrogens with zero attached hydrogens (tertiary/aromatic N) is 1. The monoisotopic (exact) mass is 315 g/mol. The third-order valence-electron chi connectivity index (χ3n) is 4.17. The lowest BCUT2D eigenvalue weighted by molar-refractivity contribution is 0.224. The van der Waals surface area contributed by atoms with Crippen LogP contribution < -0.4 is 10.6 Å². The first-order chi connectivity index (χ1) is 10.8. The van der Waals surface area contributed by atoms with E-state index in [0.29, 0.717) is 18.4 Å². The quantitative estimate of drug-likeness (QED) is 0.860. The number of urea groups is 1. The number of thiazole rings is 1. The molecule has 0 saturated heterocycles. The Morgan fingerprint density at radius 2 is 2.05 bits per heavy atom. The molecule has 1 aliphatic carbocycles. The average molecular weight is 315 g/mol. The van der Waals surface area contributed by atoms with Gasteiger partial charge in [-0.3, -0.25) is 0 Å². The van der Waals surface area contributed by atoms with Gasteiger partial charge in [0.1, 0.15) is 0 Å². The van der Waals surface area contributed by atoms with Crippen molar-refractivity contribution in [2.24, 2.45) is 5.92 Å². The lowest BCUT2D eigenvalue weighted by Crippen LogP contribution is -2.41. The van der Waals surface area contributed by atoms with E-state index in [9.17, 15) is 4.79 Å². The van der Waals surface area contributed by atoms with Crippen molar-refractivity contribution in [3.8, 4) is 0 Å². The fraction of sp³-hybridized carbons (Fsp3) is 0.412. The predicted molar refractivity (Wildman–Crippen MR) is 89.1 cm³/mol. The van der Waals surface area contributed by atoms with Gasteiger partial charge in [-0.15, -0.1) is 11.3 Å². The fourth-order valence-electron chi connectivity index (χ4n) is 2.86. The summed E-state index contributed by atoms with van der Waals surface area (Å²) in [5, 5.41) is 8.87. The third kappa shape index (κ3) is 4.07. The standard InChI is InChI=1S/C17H21N3OS/c21-17(19-7-6-16-18-8-9-22-16)20-12-13-10-15(11-13)14-4-2-1-3-5-14/h1-5,8-9,13,15H,6-7,10-12H2,(H2,19,20,21). The van der Waals surface area contributed by atoms with Gasteiger partial charge in [-0.25, -0.2) is 9.78 Å². The van der Waals surface area contributed by atoms with Gasteiger partial charge in [0.15, 0.2) is 0 Å². The highest BCUT2D eigenvalue weighted by Gasteiger charge is 2.30. The molecule has 0 spiro atoms. The summed E-state index contributed by atoms with van der Waals surface area (Å²) in [4.78, 5) is 15.9. The van der Waals surface area contributed by atoms with E-state index >= 15 is 0 Å². The number of rotatable bonds is 6. The topological polar surface area (TPSA) is 54.0 Å². The first kappa shape index (κ1) is 15.0. The Morgan fingerprint density at radius 1 is 1.23 bits per heavy atom. The molecule has 0 aliphatic heterocycles. The van der Waals surface area contributed by atoms with Gasteiger partial charge in [0.05, 0.1) is 5.01 Å². The van der Waals surface area contributed by atoms with Crippen molar-refractivity contribution in [3.05, 3.63) is 52.5 Å². The molecule has 1 heterocycles. The first-order valence-electron chi connectivity index (χ1n) is 7.76. The molecule has 0 unspecified atom stereocenters. The number of nitrogens with one attached hydrogen (secondary N) is 2. The summed E-state index contributed by atoms with van der Waals surface area (Å²) in [6, 6.07) is 10.6. The summed E-state index contributed by atoms with van der Waals surface area (Å²) in [5.74, 6) is 1.27. The smallest absolute Gasteiger partial charge is 0.314 e. The SMILES string of the molecule is O=C(NCCc1nccs1)NCC1CC(c2ccccc2)C1. The highest BCUT2D eigenvalue weighted by Crippen LogP contribution is 2.40. The lowest BCUT2D eigenvalue weighted by Gasteiger charge is -2.35. The van der Waals surface area contributed by atoms with Crippen molar-refractivity contribution >= 4 is 17.4 Å². The molecule has 2 amide bonds. The van der Waals surface area contributed by atoms with Crippen molar-refractivity contribution in [2.45, 2.75) is 25.2 Å². The van der Waals surface area contributed by atoms with Crippen molar-refractivity contribution in [2.75, 3.05) is 13.1 Å². The second kappa shape index (κ2) is 7.40. The summed E-state index contributed by atoms with van der Waals surface area (Å²) in [5.41, 5.74) is 1.42. The summed E-state index contributed by atoms with van der Waals surface area (Å²) >= 11 is 1.62. The van der Waals surface area contributed by atoms with Gasteiger partial charge in [0, 0.05) is 31.1 Å². The van der Waals surface area contributed by atoms with Crippen LogP contribution >= 0.6 is 11.3 Å². The minimum atomic E-state index is -0.0697. The van der Waals surface area contributed by atoms with E-state index < -0.39 is 0 Å². The third-order valence-corrected chi connectivity index (χ3v) is 5.01. The molecule has 2 N–H and O–H groups in total. The van der Waals surface area contributed by atoms with Crippen LogP contribution in [0.1, 0.15) is 29.3 Å². The van der Waals surface area contributed by atoms with E-state index in [4.69, 9.17) is 0 Å². The van der Waals surface area contributed by atoms with E-state index in [1.807, 2.05) is 5.38 Å². The Balaban J connectivity index is 1.28. The van der Waals surface area contributed by atoms with E-state index in [1.54, 1.807) is 17.5 Å². The summed E-state index contributed by atoms with van der Waals surface area (Å²) < 4.78 is 0. The molecule has 1 fully saturated rings. The van der Waals surface area contributed by atoms with Crippen molar-refractivity contribution in [1.29, 1.82) is 0 Å². The molecule has 1 aliphatic rings. The van der Waals surface area contributed by atoms with Crippen LogP contribution in [-0.4, -0.2) is 24.1 Å². The molecule has 4 nitrogen and oxygen atoms in total. The minimum absolute atomic E-state index is 0.0697. The summed E-state index contributed by atoms with van der Waals surface area (Å²) in [6.07, 6.45) is 4.93. The maximum Gasteiger partial charge on any atom is 0.314 e. The molecule has 1 saturated carbocycles. The predicted octanol–water partition coefficient (Wildman–Crippen LogP) is 3.18. The van der Waals surface area contributed by atoms with Crippen LogP contribution in [0.5, 0.6) is 0 Å². The van der Waals surface area contributed by atoms with E-state index in [0.717, 1.165) is 18.0 Å². The molecule has 0 bridgehead atoms. The molecule has 2 aromatic rings. The van der Waals surface area contributed by atoms with Gasteiger partial charge < -0.3 is 10.6 Å². The van der Waals surface area contributed by atoms with E-state index in [-0.39, 0.29) is 6.03 Å². The van der Waals surface area contributed by atoms with Crippen molar-refractivity contribution < 1.29 is 4.79 Å². The Labute approximate surface area is 135 Å². The van der Waals surface area contributed by atoms with Crippen LogP contribution in [0.2, 0.25) is 0 Å². The van der Waals surface area contributed by atoms with Crippen LogP contribution in [0.3, 0.4) is 0 Å². The van der Waals surface area contributed by atoms with Crippen LogP contribution in [0.25, 0.3) is 0 Å². The molecule has 5 heteroatoms. The maximum absolute atomic E-state index is 11.7. The van der Waals surface area contributed by atoms with Crippen LogP contribution in [0, 0.1) is 5.92 Å². The molecule has 0 atom stereocenters. The summed E-state index contributed by atoms with van der Waals surface area (Å²) in [6.45, 7) is 1.41. The molecular weight excluding hydrogens is 294 g/mol. The number of carbonyl (C=O) groups excluding carboxylic acids is 1. The van der Waals surface area contributed by atoms with E-state index in [1.165, 1.54) is 18.4 Å². The Kier molecular flexibility index (Phi) is 5.06. The minimum Gasteiger partial charge on any atom is -0.338 e. The largest absolute Gasteiger partial charge is 0.338 e. The fourth-order valence-corrected chi connectivity index (χ4v) is 3.48. The Bertz CT molecular complexity index is 579. The maximum atomic E-state index is 11.7. The number of aromatic nitrogens is 1. The summed E-state index contributed by atoms with van der Waals surface area (Å²) in [7, 11) is 0. The normalized spacial score (nSPS) is 20.2. The van der Waals surface area contributed by atoms with Crippen molar-refractivity contribution in [1.82, 2.24) is 15.6 Å². The first-order valence-corrected chi connectivity index (χ1v) is 8.64. The zero-order valence-corrected chi connectivity index (χ0v) is 13.3. The number of amides is 2. The molecule has 3 rings (SSSR count). The lowest BCUT2D eigenvalue weighted by atomic mass is 9.71. The molecule has 22 heavy (non-hydrogen) atoms. The highest BCUT2D eigenvalue weighted by molar-refractivity contribution is 7.09. The number of benzene rings is 1. The van der Waals surface area contributed by atoms with Gasteiger partial charge in [-0.2, -0.15) is 0 Å². The van der Waals surface area contributed by atoms with Gasteiger partial charge in [0.2, 0.25) is 0 Å². The Hall–Kier alpha value is -1.88. The zero-order chi connectivity index (χ0) is 15.2. The van der Waals surface area contributed by atoms with Gasteiger partial charge in [0.25, 0.3) is 0 Å². The van der Waals surface area contributed by atoms with Gasteiger partial charge in [-0.05, 0) is 30.2 Å². The Morgan fingerprint density at radius 3 is 2.77 bits per heavy atom. The number of carbonyl (C=O) groups is 1. The molecule has 1 aromatic heterocycles. The number of hydrogen-bond donors (Lipinski definition) is 2. The van der Waals surface area contributed by atoms with E-state index in [2.05, 4.69) is 45.9 Å². The van der Waals surface area contributed by atoms with Gasteiger partial charge in [-0.1, -0.05) is 30.3 Å². The van der Waals surface area contributed by atoms with Gasteiger partial charge >= 0.3 is 6.03 Å². The van der Waals surface area contributed by atoms with Crippen LogP contribution in [0.15, 0.2) is 41.9 Å². The van der Waals surface area contributed by atoms with Crippen LogP contribution in [-0.2, 0) is 6.42 Å². The molecule has 116 valence electrons. The van der Waals surface area contributed by atoms with Crippen LogP contribution in [0.4, 0.5) is 4.79 Å². The second-order valence-corrected chi connectivity index (χ2v) is 6.74. The second-order valence-electron chi connectivity index (χ2n) is 5.76. The molecule has 0 radical (unpaired) electrons.